The van der Waals surface area contributed by atoms with Crippen LogP contribution in [0, 0.1) is 30.3 Å². The van der Waals surface area contributed by atoms with Crippen LogP contribution in [-0.4, -0.2) is 39.3 Å². The van der Waals surface area contributed by atoms with E-state index in [0.29, 0.717) is 22.8 Å². The van der Waals surface area contributed by atoms with Crippen LogP contribution in [0.3, 0.4) is 0 Å². The van der Waals surface area contributed by atoms with Gasteiger partial charge in [0.05, 0.1) is 45.2 Å². The molecule has 0 radical (unpaired) electrons. The summed E-state index contributed by atoms with van der Waals surface area (Å²) in [6.45, 7) is -0.512. The lowest BCUT2D eigenvalue weighted by Crippen LogP contribution is -2.35. The third-order valence-corrected chi connectivity index (χ3v) is 4.33. The van der Waals surface area contributed by atoms with E-state index in [1.54, 1.807) is 18.2 Å². The van der Waals surface area contributed by atoms with Crippen molar-refractivity contribution in [3.05, 3.63) is 82.3 Å². The van der Waals surface area contributed by atoms with Crippen molar-refractivity contribution in [1.29, 1.82) is 0 Å². The van der Waals surface area contributed by atoms with Gasteiger partial charge in [-0.05, 0) is 28.1 Å². The highest BCUT2D eigenvalue weighted by atomic mass is 79.9. The van der Waals surface area contributed by atoms with Crippen molar-refractivity contribution >= 4 is 51.0 Å². The molecule has 15 heteroatoms. The highest BCUT2D eigenvalue weighted by Gasteiger charge is 2.29. The minimum Gasteiger partial charge on any atom is -0.343 e. The van der Waals surface area contributed by atoms with E-state index in [-0.39, 0.29) is 5.56 Å². The van der Waals surface area contributed by atoms with Crippen LogP contribution in [0.4, 0.5) is 17.1 Å². The summed E-state index contributed by atoms with van der Waals surface area (Å²) in [7, 11) is 0. The first-order valence-corrected chi connectivity index (χ1v) is 8.87. The Morgan fingerprint density at radius 1 is 1.00 bits per heavy atom. The average Bonchev–Trinajstić information content (AvgIpc) is 2.71. The van der Waals surface area contributed by atoms with Gasteiger partial charge in [0, 0.05) is 4.47 Å². The fourth-order valence-electron chi connectivity index (χ4n) is 2.26. The number of hydrazone groups is 1. The third-order valence-electron chi connectivity index (χ3n) is 3.64. The summed E-state index contributed by atoms with van der Waals surface area (Å²) in [6, 6.07) is 7.53. The average molecular weight is 495 g/mol. The summed E-state index contributed by atoms with van der Waals surface area (Å²) >= 11 is 3.19. The molecule has 0 unspecified atom stereocenters. The van der Waals surface area contributed by atoms with Crippen LogP contribution < -0.4 is 10.7 Å². The molecule has 0 saturated heterocycles. The molecule has 0 bridgehead atoms. The van der Waals surface area contributed by atoms with E-state index in [4.69, 9.17) is 0 Å². The predicted octanol–water partition coefficient (Wildman–Crippen LogP) is 2.05. The number of nitro groups is 3. The highest BCUT2D eigenvalue weighted by Crippen LogP contribution is 2.32. The van der Waals surface area contributed by atoms with Crippen LogP contribution in [0.1, 0.15) is 15.9 Å². The van der Waals surface area contributed by atoms with Crippen LogP contribution in [0.2, 0.25) is 0 Å². The number of rotatable bonds is 8. The van der Waals surface area contributed by atoms with Gasteiger partial charge >= 0.3 is 0 Å². The summed E-state index contributed by atoms with van der Waals surface area (Å²) in [5, 5.41) is 38.9. The molecular formula is C16H11BrN6O8. The molecule has 0 atom stereocenters. The molecule has 0 spiro atoms. The van der Waals surface area contributed by atoms with E-state index >= 15 is 0 Å². The SMILES string of the molecule is O=C(CNC(=O)c1ccccc1Br)N/N=C\c1c([N+](=O)[O-])cc([N+](=O)[O-])cc1[N+](=O)[O-]. The molecule has 0 aliphatic heterocycles. The zero-order valence-electron chi connectivity index (χ0n) is 15.2. The van der Waals surface area contributed by atoms with Crippen molar-refractivity contribution in [2.45, 2.75) is 0 Å². The maximum Gasteiger partial charge on any atom is 0.292 e. The van der Waals surface area contributed by atoms with Crippen molar-refractivity contribution in [1.82, 2.24) is 10.7 Å². The van der Waals surface area contributed by atoms with E-state index in [2.05, 4.69) is 26.3 Å². The standard InChI is InChI=1S/C16H11BrN6O8/c17-12-4-2-1-3-10(12)16(25)18-8-15(24)20-19-7-11-13(22(28)29)5-9(21(26)27)6-14(11)23(30)31/h1-7H,8H2,(H,18,25)(H,20,24)/b19-7-. The maximum absolute atomic E-state index is 12.0. The third kappa shape index (κ3) is 5.86. The van der Waals surface area contributed by atoms with Gasteiger partial charge in [0.1, 0.15) is 0 Å². The molecule has 0 aliphatic carbocycles. The van der Waals surface area contributed by atoms with E-state index in [1.165, 1.54) is 6.07 Å². The number of nitrogens with zero attached hydrogens (tertiary/aromatic N) is 4. The van der Waals surface area contributed by atoms with Gasteiger partial charge in [0.2, 0.25) is 0 Å². The van der Waals surface area contributed by atoms with Crippen LogP contribution in [0.5, 0.6) is 0 Å². The van der Waals surface area contributed by atoms with Gasteiger partial charge in [-0.1, -0.05) is 12.1 Å². The fraction of sp³-hybridized carbons (Fsp3) is 0.0625. The molecule has 0 heterocycles. The second-order valence-corrected chi connectivity index (χ2v) is 6.48. The Balaban J connectivity index is 2.14. The molecular weight excluding hydrogens is 484 g/mol. The Morgan fingerprint density at radius 2 is 1.58 bits per heavy atom. The second kappa shape index (κ2) is 9.97. The zero-order chi connectivity index (χ0) is 23.1. The molecule has 0 aromatic heterocycles. The lowest BCUT2D eigenvalue weighted by molar-refractivity contribution is -0.403. The molecule has 0 fully saturated rings. The Bertz CT molecular complexity index is 1080. The molecule has 2 aromatic carbocycles. The zero-order valence-corrected chi connectivity index (χ0v) is 16.8. The summed E-state index contributed by atoms with van der Waals surface area (Å²) in [5.74, 6) is -1.39. The van der Waals surface area contributed by atoms with Crippen LogP contribution >= 0.6 is 15.9 Å². The first-order valence-electron chi connectivity index (χ1n) is 8.07. The van der Waals surface area contributed by atoms with Gasteiger partial charge in [-0.3, -0.25) is 39.9 Å². The first kappa shape index (κ1) is 23.0. The number of halogens is 1. The van der Waals surface area contributed by atoms with Gasteiger partial charge < -0.3 is 5.32 Å². The molecule has 14 nitrogen and oxygen atoms in total. The lowest BCUT2D eigenvalue weighted by Gasteiger charge is -2.05. The Hall–Kier alpha value is -4.27. The largest absolute Gasteiger partial charge is 0.343 e. The van der Waals surface area contributed by atoms with Crippen molar-refractivity contribution in [2.75, 3.05) is 6.54 Å². The van der Waals surface area contributed by atoms with Gasteiger partial charge in [-0.25, -0.2) is 5.43 Å². The number of nitro benzene ring substituents is 3. The topological polar surface area (TPSA) is 200 Å². The molecule has 160 valence electrons. The normalized spacial score (nSPS) is 10.5. The van der Waals surface area contributed by atoms with Gasteiger partial charge in [-0.15, -0.1) is 0 Å². The minimum absolute atomic E-state index is 0.274. The number of nitrogens with one attached hydrogen (secondary N) is 2. The predicted molar refractivity (Wildman–Crippen MR) is 109 cm³/mol. The van der Waals surface area contributed by atoms with Gasteiger partial charge in [0.15, 0.2) is 5.56 Å². The van der Waals surface area contributed by atoms with E-state index in [9.17, 15) is 39.9 Å². The number of hydrogen-bond donors (Lipinski definition) is 2. The second-order valence-electron chi connectivity index (χ2n) is 5.62. The smallest absolute Gasteiger partial charge is 0.292 e. The van der Waals surface area contributed by atoms with E-state index in [1.807, 2.05) is 5.43 Å². The number of non-ortho nitro benzene ring substituents is 1. The summed E-state index contributed by atoms with van der Waals surface area (Å²) in [6.07, 6.45) is 0.619. The fourth-order valence-corrected chi connectivity index (χ4v) is 2.72. The molecule has 31 heavy (non-hydrogen) atoms. The van der Waals surface area contributed by atoms with Crippen molar-refractivity contribution in [2.24, 2.45) is 5.10 Å². The quantitative estimate of drug-likeness (QED) is 0.315. The van der Waals surface area contributed by atoms with Crippen LogP contribution in [-0.2, 0) is 4.79 Å². The molecule has 2 N–H and O–H groups in total. The highest BCUT2D eigenvalue weighted by molar-refractivity contribution is 9.10. The molecule has 2 rings (SSSR count). The molecule has 2 amide bonds. The number of carbonyl (C=O) groups is 2. The van der Waals surface area contributed by atoms with Gasteiger partial charge in [0.25, 0.3) is 28.9 Å². The number of amides is 2. The monoisotopic (exact) mass is 494 g/mol. The number of benzene rings is 2. The Morgan fingerprint density at radius 3 is 2.10 bits per heavy atom. The summed E-state index contributed by atoms with van der Waals surface area (Å²) in [4.78, 5) is 53.9. The van der Waals surface area contributed by atoms with Crippen molar-refractivity contribution in [3.63, 3.8) is 0 Å². The van der Waals surface area contributed by atoms with Crippen molar-refractivity contribution in [3.8, 4) is 0 Å². The Kier molecular flexibility index (Phi) is 7.40. The molecule has 0 aliphatic rings. The van der Waals surface area contributed by atoms with E-state index < -0.39 is 55.8 Å². The van der Waals surface area contributed by atoms with Crippen LogP contribution in [0.25, 0.3) is 0 Å². The summed E-state index contributed by atoms with van der Waals surface area (Å²) in [5.41, 5.74) is -1.17. The lowest BCUT2D eigenvalue weighted by atomic mass is 10.1. The number of carbonyl (C=O) groups excluding carboxylic acids is 2. The van der Waals surface area contributed by atoms with E-state index in [0.717, 1.165) is 0 Å². The van der Waals surface area contributed by atoms with Crippen LogP contribution in [0.15, 0.2) is 46.0 Å². The minimum atomic E-state index is -1.05. The maximum atomic E-state index is 12.0. The summed E-state index contributed by atoms with van der Waals surface area (Å²) < 4.78 is 0.503. The Labute approximate surface area is 180 Å². The number of hydrogen-bond acceptors (Lipinski definition) is 9. The molecule has 0 saturated carbocycles. The van der Waals surface area contributed by atoms with Crippen molar-refractivity contribution < 1.29 is 24.4 Å². The first-order chi connectivity index (χ1) is 14.6. The molecule has 2 aromatic rings. The van der Waals surface area contributed by atoms with Gasteiger partial charge in [-0.2, -0.15) is 5.10 Å².